The summed E-state index contributed by atoms with van der Waals surface area (Å²) in [7, 11) is 9.48. The second-order valence-corrected chi connectivity index (χ2v) is 3.50. The van der Waals surface area contributed by atoms with Crippen molar-refractivity contribution in [3.8, 4) is 0 Å². The average molecular weight is 192 g/mol. The number of rotatable bonds is 4. The topological polar surface area (TPSA) is 15.3 Å². The van der Waals surface area contributed by atoms with Crippen molar-refractivity contribution in [1.82, 2.24) is 4.90 Å². The first-order valence-corrected chi connectivity index (χ1v) is 4.52. The van der Waals surface area contributed by atoms with Crippen LogP contribution in [0, 0.1) is 5.82 Å². The standard InChI is InChI=1S/C10H14BFN2/c1-14(2)4-3-13-10-6-8(11)5-9(12)7-10/h5-7,13H,3-4H2,1-2H3. The van der Waals surface area contributed by atoms with E-state index in [9.17, 15) is 4.39 Å². The Morgan fingerprint density at radius 1 is 1.36 bits per heavy atom. The van der Waals surface area contributed by atoms with Gasteiger partial charge in [-0.15, -0.1) is 0 Å². The summed E-state index contributed by atoms with van der Waals surface area (Å²) in [5, 5.41) is 3.10. The van der Waals surface area contributed by atoms with Crippen LogP contribution in [0.2, 0.25) is 0 Å². The van der Waals surface area contributed by atoms with Crippen LogP contribution in [-0.4, -0.2) is 39.9 Å². The molecule has 0 atom stereocenters. The third-order valence-corrected chi connectivity index (χ3v) is 1.81. The molecule has 0 aliphatic heterocycles. The predicted octanol–water partition coefficient (Wildman–Crippen LogP) is 0.593. The van der Waals surface area contributed by atoms with Gasteiger partial charge in [0.25, 0.3) is 0 Å². The fraction of sp³-hybridized carbons (Fsp3) is 0.400. The van der Waals surface area contributed by atoms with Gasteiger partial charge in [-0.1, -0.05) is 5.46 Å². The summed E-state index contributed by atoms with van der Waals surface area (Å²) >= 11 is 0. The highest BCUT2D eigenvalue weighted by Crippen LogP contribution is 2.06. The van der Waals surface area contributed by atoms with Gasteiger partial charge in [-0.25, -0.2) is 4.39 Å². The van der Waals surface area contributed by atoms with Crippen molar-refractivity contribution in [1.29, 1.82) is 0 Å². The summed E-state index contributed by atoms with van der Waals surface area (Å²) < 4.78 is 12.9. The maximum absolute atomic E-state index is 12.9. The molecule has 0 saturated carbocycles. The second kappa shape index (κ2) is 5.01. The molecule has 74 valence electrons. The van der Waals surface area contributed by atoms with Crippen molar-refractivity contribution in [2.75, 3.05) is 32.5 Å². The zero-order valence-corrected chi connectivity index (χ0v) is 8.55. The monoisotopic (exact) mass is 192 g/mol. The van der Waals surface area contributed by atoms with Crippen LogP contribution in [-0.2, 0) is 0 Å². The Morgan fingerprint density at radius 2 is 2.07 bits per heavy atom. The van der Waals surface area contributed by atoms with Crippen molar-refractivity contribution >= 4 is 19.0 Å². The van der Waals surface area contributed by atoms with Crippen molar-refractivity contribution in [2.45, 2.75) is 0 Å². The molecule has 1 aromatic rings. The minimum absolute atomic E-state index is 0.308. The zero-order chi connectivity index (χ0) is 10.6. The van der Waals surface area contributed by atoms with Gasteiger partial charge in [-0.2, -0.15) is 0 Å². The normalized spacial score (nSPS) is 10.6. The van der Waals surface area contributed by atoms with Crippen LogP contribution in [0.4, 0.5) is 10.1 Å². The molecule has 2 nitrogen and oxygen atoms in total. The van der Waals surface area contributed by atoms with E-state index < -0.39 is 0 Å². The van der Waals surface area contributed by atoms with Gasteiger partial charge in [-0.05, 0) is 32.3 Å². The molecule has 1 aromatic carbocycles. The molecule has 1 N–H and O–H groups in total. The van der Waals surface area contributed by atoms with E-state index in [0.29, 0.717) is 5.46 Å². The molecule has 0 spiro atoms. The fourth-order valence-corrected chi connectivity index (χ4v) is 1.14. The number of hydrogen-bond donors (Lipinski definition) is 1. The molecule has 0 aliphatic rings. The number of hydrogen-bond acceptors (Lipinski definition) is 2. The van der Waals surface area contributed by atoms with Gasteiger partial charge in [0.15, 0.2) is 0 Å². The number of benzene rings is 1. The van der Waals surface area contributed by atoms with Crippen molar-refractivity contribution < 1.29 is 4.39 Å². The molecule has 0 heterocycles. The molecule has 2 radical (unpaired) electrons. The Bertz CT molecular complexity index is 282. The van der Waals surface area contributed by atoms with E-state index >= 15 is 0 Å². The number of anilines is 1. The van der Waals surface area contributed by atoms with Crippen molar-refractivity contribution in [3.05, 3.63) is 24.0 Å². The zero-order valence-electron chi connectivity index (χ0n) is 8.55. The third-order valence-electron chi connectivity index (χ3n) is 1.81. The molecule has 14 heavy (non-hydrogen) atoms. The third kappa shape index (κ3) is 3.79. The summed E-state index contributed by atoms with van der Waals surface area (Å²) in [5.74, 6) is -0.308. The summed E-state index contributed by atoms with van der Waals surface area (Å²) in [5.41, 5.74) is 1.17. The molecule has 0 bridgehead atoms. The Labute approximate surface area is 85.5 Å². The van der Waals surface area contributed by atoms with Crippen LogP contribution >= 0.6 is 0 Å². The van der Waals surface area contributed by atoms with Crippen molar-refractivity contribution in [2.24, 2.45) is 0 Å². The van der Waals surface area contributed by atoms with Crippen LogP contribution in [0.5, 0.6) is 0 Å². The molecule has 1 rings (SSSR count). The van der Waals surface area contributed by atoms with Gasteiger partial charge in [0, 0.05) is 18.8 Å². The first kappa shape index (κ1) is 11.1. The summed E-state index contributed by atoms with van der Waals surface area (Å²) in [6.07, 6.45) is 0. The largest absolute Gasteiger partial charge is 0.384 e. The minimum atomic E-state index is -0.308. The predicted molar refractivity (Wildman–Crippen MR) is 58.8 cm³/mol. The summed E-state index contributed by atoms with van der Waals surface area (Å²) in [6.45, 7) is 1.67. The minimum Gasteiger partial charge on any atom is -0.384 e. The lowest BCUT2D eigenvalue weighted by Crippen LogP contribution is -2.21. The highest BCUT2D eigenvalue weighted by Gasteiger charge is 1.97. The summed E-state index contributed by atoms with van der Waals surface area (Å²) in [4.78, 5) is 2.05. The van der Waals surface area contributed by atoms with Crippen LogP contribution in [0.3, 0.4) is 0 Å². The lowest BCUT2D eigenvalue weighted by Gasteiger charge is -2.11. The maximum atomic E-state index is 12.9. The number of nitrogens with one attached hydrogen (secondary N) is 1. The van der Waals surface area contributed by atoms with Crippen LogP contribution in [0.1, 0.15) is 0 Å². The van der Waals surface area contributed by atoms with E-state index in [4.69, 9.17) is 7.85 Å². The molecule has 0 amide bonds. The van der Waals surface area contributed by atoms with Gasteiger partial charge in [-0.3, -0.25) is 0 Å². The van der Waals surface area contributed by atoms with Gasteiger partial charge in [0.2, 0.25) is 0 Å². The Kier molecular flexibility index (Phi) is 3.95. The highest BCUT2D eigenvalue weighted by atomic mass is 19.1. The van der Waals surface area contributed by atoms with E-state index in [0.717, 1.165) is 18.8 Å². The molecule has 0 unspecified atom stereocenters. The fourth-order valence-electron chi connectivity index (χ4n) is 1.14. The SMILES string of the molecule is [B]c1cc(F)cc(NCCN(C)C)c1. The molecular formula is C10H14BFN2. The van der Waals surface area contributed by atoms with Crippen LogP contribution in [0.15, 0.2) is 18.2 Å². The van der Waals surface area contributed by atoms with Crippen LogP contribution in [0.25, 0.3) is 0 Å². The highest BCUT2D eigenvalue weighted by molar-refractivity contribution is 6.32. The first-order chi connectivity index (χ1) is 6.58. The quantitative estimate of drug-likeness (QED) is 0.702. The van der Waals surface area contributed by atoms with E-state index in [2.05, 4.69) is 10.2 Å². The van der Waals surface area contributed by atoms with Gasteiger partial charge < -0.3 is 10.2 Å². The first-order valence-electron chi connectivity index (χ1n) is 4.52. The lowest BCUT2D eigenvalue weighted by molar-refractivity contribution is 0.425. The lowest BCUT2D eigenvalue weighted by atomic mass is 9.96. The Balaban J connectivity index is 2.50. The van der Waals surface area contributed by atoms with E-state index in [-0.39, 0.29) is 5.82 Å². The maximum Gasteiger partial charge on any atom is 0.124 e. The summed E-state index contributed by atoms with van der Waals surface area (Å²) in [6, 6.07) is 4.46. The van der Waals surface area contributed by atoms with E-state index in [1.807, 2.05) is 14.1 Å². The van der Waals surface area contributed by atoms with Gasteiger partial charge in [0.1, 0.15) is 13.7 Å². The van der Waals surface area contributed by atoms with Gasteiger partial charge in [0.05, 0.1) is 0 Å². The van der Waals surface area contributed by atoms with Crippen molar-refractivity contribution in [3.63, 3.8) is 0 Å². The molecule has 4 heteroatoms. The molecule has 0 saturated heterocycles. The van der Waals surface area contributed by atoms with E-state index in [1.165, 1.54) is 12.1 Å². The average Bonchev–Trinajstić information content (AvgIpc) is 2.01. The molecular weight excluding hydrogens is 178 g/mol. The van der Waals surface area contributed by atoms with E-state index in [1.54, 1.807) is 6.07 Å². The number of halogens is 1. The number of nitrogens with zero attached hydrogens (tertiary/aromatic N) is 1. The second-order valence-electron chi connectivity index (χ2n) is 3.50. The smallest absolute Gasteiger partial charge is 0.124 e. The molecule has 0 aliphatic carbocycles. The van der Waals surface area contributed by atoms with Crippen LogP contribution < -0.4 is 10.8 Å². The Morgan fingerprint density at radius 3 is 2.64 bits per heavy atom. The number of likely N-dealkylation sites (N-methyl/N-ethyl adjacent to an activating group) is 1. The van der Waals surface area contributed by atoms with Gasteiger partial charge >= 0.3 is 0 Å². The molecule has 0 aromatic heterocycles. The Hall–Kier alpha value is -1.03. The molecule has 0 fully saturated rings.